The van der Waals surface area contributed by atoms with Gasteiger partial charge < -0.3 is 4.90 Å². The van der Waals surface area contributed by atoms with Crippen molar-refractivity contribution in [2.24, 2.45) is 0 Å². The minimum Gasteiger partial charge on any atom is -0.310 e. The lowest BCUT2D eigenvalue weighted by atomic mass is 9.93. The van der Waals surface area contributed by atoms with Crippen LogP contribution in [-0.2, 0) is 0 Å². The van der Waals surface area contributed by atoms with Crippen molar-refractivity contribution in [2.45, 2.75) is 0 Å². The quantitative estimate of drug-likeness (QED) is 0.162. The molecule has 0 unspecified atom stereocenters. The number of nitrogens with zero attached hydrogens (tertiary/aromatic N) is 4. The van der Waals surface area contributed by atoms with Gasteiger partial charge in [-0.1, -0.05) is 133 Å². The normalized spacial score (nSPS) is 20.1. The average molecular weight is 697 g/mol. The molecule has 10 aromatic rings. The Hall–Kier alpha value is -7.04. The van der Waals surface area contributed by atoms with Gasteiger partial charge in [0.25, 0.3) is 0 Å². The maximum Gasteiger partial charge on any atom is 0.147 e. The molecule has 244 valence electrons. The summed E-state index contributed by atoms with van der Waals surface area (Å²) in [6.07, 6.45) is 0. The zero-order valence-corrected chi connectivity index (χ0v) is 25.8. The molecule has 0 radical (unpaired) electrons. The number of pyridine rings is 1. The van der Waals surface area contributed by atoms with Crippen LogP contribution in [0.5, 0.6) is 0 Å². The van der Waals surface area contributed by atoms with Gasteiger partial charge in [-0.3, -0.25) is 4.57 Å². The van der Waals surface area contributed by atoms with E-state index in [2.05, 4.69) is 9.97 Å². The van der Waals surface area contributed by atoms with Gasteiger partial charge in [0.15, 0.2) is 0 Å². The SMILES string of the molecule is [2H]c1c([2H])c([2H])c(-c2nc3c(-c4nc5c([2H])c([2H])c([2H])c([2H])c5n4-c4c([2H])c([2H])c([2H])c([2H])c4[2H])c([2H])c([2H])c([2H])c3c3c2c([2H])c([2H])c2c(N(c4c([2H])c([2H])c([2H])c([2H])c4[2H])c4c([2H])c([2H])c([2H])c([2H])c4[2H])c([2H])c([2H])c([2H])c23)c([2H])c1[2H]. The number of aromatic nitrogens is 3. The molecular weight excluding hydrogens is 633 g/mol. The molecule has 2 heterocycles. The number of anilines is 3. The minimum absolute atomic E-state index is 0.386. The summed E-state index contributed by atoms with van der Waals surface area (Å²) in [4.78, 5) is 9.53. The highest BCUT2D eigenvalue weighted by Crippen LogP contribution is 2.45. The molecule has 4 nitrogen and oxygen atoms in total. The number of imidazole rings is 1. The van der Waals surface area contributed by atoms with Crippen molar-refractivity contribution in [2.75, 3.05) is 4.90 Å². The summed E-state index contributed by atoms with van der Waals surface area (Å²) >= 11 is 0. The topological polar surface area (TPSA) is 34.0 Å². The van der Waals surface area contributed by atoms with Gasteiger partial charge >= 0.3 is 0 Å². The number of hydrogen-bond acceptors (Lipinski definition) is 3. The predicted molar refractivity (Wildman–Crippen MR) is 217 cm³/mol. The van der Waals surface area contributed by atoms with Crippen LogP contribution in [0.2, 0.25) is 0 Å². The predicted octanol–water partition coefficient (Wildman–Crippen LogP) is 12.7. The van der Waals surface area contributed by atoms with E-state index >= 15 is 0 Å². The van der Waals surface area contributed by atoms with Gasteiger partial charge in [-0.05, 0) is 65.8 Å². The molecule has 52 heavy (non-hydrogen) atoms. The zero-order chi connectivity index (χ0) is 62.3. The first-order chi connectivity index (χ1) is 39.1. The molecule has 0 saturated carbocycles. The summed E-state index contributed by atoms with van der Waals surface area (Å²) in [5, 5.41) is -4.35. The van der Waals surface area contributed by atoms with E-state index in [0.29, 0.717) is 9.47 Å². The van der Waals surface area contributed by atoms with Crippen LogP contribution in [0.15, 0.2) is 193 Å². The van der Waals surface area contributed by atoms with E-state index < -0.39 is 282 Å². The first-order valence-corrected chi connectivity index (χ1v) is 15.0. The molecule has 0 aliphatic rings. The molecule has 8 aromatic carbocycles. The van der Waals surface area contributed by atoms with Crippen molar-refractivity contribution in [1.82, 2.24) is 14.5 Å². The van der Waals surface area contributed by atoms with Gasteiger partial charge in [-0.25, -0.2) is 9.97 Å². The van der Waals surface area contributed by atoms with Crippen LogP contribution in [0, 0.1) is 0 Å². The first kappa shape index (κ1) is 11.8. The Labute approximate surface area is 346 Å². The number of para-hydroxylation sites is 6. The zero-order valence-electron chi connectivity index (χ0n) is 57.8. The van der Waals surface area contributed by atoms with Gasteiger partial charge in [0.2, 0.25) is 0 Å². The van der Waals surface area contributed by atoms with E-state index in [1.807, 2.05) is 0 Å². The van der Waals surface area contributed by atoms with Crippen LogP contribution in [0.25, 0.3) is 71.8 Å². The number of hydrogen-bond donors (Lipinski definition) is 0. The van der Waals surface area contributed by atoms with Crippen molar-refractivity contribution in [3.63, 3.8) is 0 Å². The standard InChI is InChI=1S/C48H32N4/c1-5-17-33(18-6-1)46-40-32-31-37-38(25-16-30-43(37)51(34-19-7-2-8-20-34)35-21-9-3-10-22-35)45(40)39-26-15-27-41(47(39)50-46)48-49-42-28-13-14-29-44(42)52(48)36-23-11-4-12-24-36/h1-32H/i1D,2D,3D,4D,5D,6D,7D,8D,9D,10D,11D,12D,13D,14D,15D,16D,17D,18D,19D,20D,21D,22D,23D,24D,25D,26D,27D,28D,29D,30D,31D,32D. The Bertz CT molecular complexity index is 4580. The molecule has 0 N–H and O–H groups in total. The smallest absolute Gasteiger partial charge is 0.147 e. The van der Waals surface area contributed by atoms with Gasteiger partial charge in [0.1, 0.15) is 5.82 Å². The third-order valence-corrected chi connectivity index (χ3v) is 7.84. The molecule has 0 amide bonds. The first-order valence-electron chi connectivity index (χ1n) is 31.0. The summed E-state index contributed by atoms with van der Waals surface area (Å²) in [5.41, 5.74) is -9.09. The van der Waals surface area contributed by atoms with Crippen molar-refractivity contribution in [3.05, 3.63) is 193 Å². The second kappa shape index (κ2) is 12.4. The largest absolute Gasteiger partial charge is 0.310 e. The maximum atomic E-state index is 9.91. The van der Waals surface area contributed by atoms with Crippen molar-refractivity contribution < 1.29 is 43.9 Å². The molecule has 0 fully saturated rings. The van der Waals surface area contributed by atoms with Crippen LogP contribution in [0.3, 0.4) is 0 Å². The Morgan fingerprint density at radius 1 is 0.462 bits per heavy atom. The van der Waals surface area contributed by atoms with Crippen molar-refractivity contribution in [3.8, 4) is 28.3 Å². The Morgan fingerprint density at radius 3 is 1.79 bits per heavy atom. The third-order valence-electron chi connectivity index (χ3n) is 7.84. The van der Waals surface area contributed by atoms with Crippen LogP contribution in [0.1, 0.15) is 43.9 Å². The van der Waals surface area contributed by atoms with E-state index in [-0.39, 0.29) is 0 Å². The van der Waals surface area contributed by atoms with Crippen LogP contribution >= 0.6 is 0 Å². The minimum atomic E-state index is -1.23. The molecular formula is C48H32N4. The molecule has 0 aliphatic carbocycles. The Balaban J connectivity index is 1.59. The number of fused-ring (bicyclic) bond motifs is 6. The Morgan fingerprint density at radius 2 is 1.06 bits per heavy atom. The second-order valence-electron chi connectivity index (χ2n) is 10.6. The lowest BCUT2D eigenvalue weighted by molar-refractivity contribution is 1.10. The molecule has 0 atom stereocenters. The van der Waals surface area contributed by atoms with Gasteiger partial charge in [0.05, 0.1) is 71.8 Å². The fraction of sp³-hybridized carbons (Fsp3) is 0. The van der Waals surface area contributed by atoms with Gasteiger partial charge in [-0.2, -0.15) is 0 Å². The molecule has 2 aromatic heterocycles. The molecule has 10 rings (SSSR count). The monoisotopic (exact) mass is 696 g/mol. The average Bonchev–Trinajstić information content (AvgIpc) is 1.30. The molecule has 0 saturated heterocycles. The van der Waals surface area contributed by atoms with Gasteiger partial charge in [0, 0.05) is 49.7 Å². The van der Waals surface area contributed by atoms with Crippen LogP contribution < -0.4 is 4.90 Å². The Kier molecular flexibility index (Phi) is 2.80. The highest BCUT2D eigenvalue weighted by molar-refractivity contribution is 6.25. The number of rotatable bonds is 6. The summed E-state index contributed by atoms with van der Waals surface area (Å²) in [6.45, 7) is 0. The summed E-state index contributed by atoms with van der Waals surface area (Å²) in [6, 6.07) is -34.1. The van der Waals surface area contributed by atoms with Crippen molar-refractivity contribution in [1.29, 1.82) is 0 Å². The summed E-state index contributed by atoms with van der Waals surface area (Å²) in [5.74, 6) is -0.889. The molecule has 0 bridgehead atoms. The van der Waals surface area contributed by atoms with Crippen LogP contribution in [0.4, 0.5) is 17.1 Å². The van der Waals surface area contributed by atoms with E-state index in [4.69, 9.17) is 30.2 Å². The fourth-order valence-electron chi connectivity index (χ4n) is 5.77. The van der Waals surface area contributed by atoms with Crippen LogP contribution in [-0.4, -0.2) is 14.5 Å². The molecule has 4 heteroatoms. The van der Waals surface area contributed by atoms with Gasteiger partial charge in [-0.15, -0.1) is 0 Å². The fourth-order valence-corrected chi connectivity index (χ4v) is 5.77. The molecule has 0 aliphatic heterocycles. The number of benzene rings is 8. The van der Waals surface area contributed by atoms with E-state index in [1.54, 1.807) is 0 Å². The van der Waals surface area contributed by atoms with Crippen molar-refractivity contribution >= 4 is 60.5 Å². The molecule has 0 spiro atoms. The third kappa shape index (κ3) is 4.84. The lowest BCUT2D eigenvalue weighted by Crippen LogP contribution is -2.10. The second-order valence-corrected chi connectivity index (χ2v) is 10.6. The summed E-state index contributed by atoms with van der Waals surface area (Å²) in [7, 11) is 0. The van der Waals surface area contributed by atoms with E-state index in [0.717, 1.165) is 0 Å². The maximum absolute atomic E-state index is 9.91. The highest BCUT2D eigenvalue weighted by atomic mass is 15.1. The lowest BCUT2D eigenvalue weighted by Gasteiger charge is -2.27. The highest BCUT2D eigenvalue weighted by Gasteiger charge is 2.22. The summed E-state index contributed by atoms with van der Waals surface area (Å²) < 4.78 is 289. The van der Waals surface area contributed by atoms with E-state index in [1.165, 1.54) is 0 Å². The van der Waals surface area contributed by atoms with E-state index in [9.17, 15) is 13.7 Å².